The summed E-state index contributed by atoms with van der Waals surface area (Å²) in [5, 5.41) is 6.62. The van der Waals surface area contributed by atoms with Crippen LogP contribution in [0.25, 0.3) is 11.5 Å². The molecule has 1 amide bonds. The molecule has 0 atom stereocenters. The van der Waals surface area contributed by atoms with Crippen molar-refractivity contribution >= 4 is 17.4 Å². The third-order valence-corrected chi connectivity index (χ3v) is 4.29. The Labute approximate surface area is 172 Å². The Morgan fingerprint density at radius 3 is 2.53 bits per heavy atom. The summed E-state index contributed by atoms with van der Waals surface area (Å²) in [6.45, 7) is -0.0982. The van der Waals surface area contributed by atoms with Gasteiger partial charge in [-0.15, -0.1) is 0 Å². The normalized spacial score (nSPS) is 10.7. The van der Waals surface area contributed by atoms with Crippen LogP contribution in [0, 0.1) is 0 Å². The molecule has 2 heterocycles. The van der Waals surface area contributed by atoms with Crippen molar-refractivity contribution < 1.29 is 23.3 Å². The smallest absolute Gasteiger partial charge is 0.250 e. The molecule has 4 rings (SSSR count). The summed E-state index contributed by atoms with van der Waals surface area (Å²) in [5.74, 6) is 0.501. The van der Waals surface area contributed by atoms with Crippen molar-refractivity contribution in [1.82, 2.24) is 5.16 Å². The highest BCUT2D eigenvalue weighted by Crippen LogP contribution is 2.21. The minimum absolute atomic E-state index is 0.0994. The maximum Gasteiger partial charge on any atom is 0.250 e. The molecule has 7 nitrogen and oxygen atoms in total. The van der Waals surface area contributed by atoms with Crippen molar-refractivity contribution in [3.63, 3.8) is 0 Å². The second-order valence-corrected chi connectivity index (χ2v) is 6.44. The van der Waals surface area contributed by atoms with Crippen molar-refractivity contribution in [2.24, 2.45) is 0 Å². The van der Waals surface area contributed by atoms with Gasteiger partial charge in [-0.25, -0.2) is 0 Å². The Hall–Kier alpha value is -3.97. The van der Waals surface area contributed by atoms with E-state index in [-0.39, 0.29) is 24.9 Å². The molecule has 0 aliphatic rings. The van der Waals surface area contributed by atoms with Crippen LogP contribution in [-0.4, -0.2) is 23.5 Å². The molecule has 0 fully saturated rings. The number of ketones is 1. The number of hydrogen-bond donors (Lipinski definition) is 1. The topological polar surface area (TPSA) is 94.6 Å². The second-order valence-electron chi connectivity index (χ2n) is 6.44. The summed E-state index contributed by atoms with van der Waals surface area (Å²) in [6.07, 6.45) is 1.54. The van der Waals surface area contributed by atoms with E-state index >= 15 is 0 Å². The van der Waals surface area contributed by atoms with E-state index in [1.807, 2.05) is 6.07 Å². The maximum absolute atomic E-state index is 12.7. The van der Waals surface area contributed by atoms with Gasteiger partial charge in [-0.3, -0.25) is 9.59 Å². The number of hydrogen-bond acceptors (Lipinski definition) is 6. The zero-order valence-corrected chi connectivity index (χ0v) is 15.9. The largest absolute Gasteiger partial charge is 0.461 e. The lowest BCUT2D eigenvalue weighted by Crippen LogP contribution is -2.20. The van der Waals surface area contributed by atoms with Crippen molar-refractivity contribution in [3.05, 3.63) is 95.9 Å². The molecule has 4 aromatic rings. The van der Waals surface area contributed by atoms with Gasteiger partial charge < -0.3 is 19.0 Å². The average Bonchev–Trinajstić information content (AvgIpc) is 3.46. The van der Waals surface area contributed by atoms with Crippen LogP contribution in [0.2, 0.25) is 0 Å². The third-order valence-electron chi connectivity index (χ3n) is 4.29. The number of ether oxygens (including phenoxy) is 1. The number of amides is 1. The van der Waals surface area contributed by atoms with Crippen LogP contribution in [0.3, 0.4) is 0 Å². The maximum atomic E-state index is 12.7. The Balaban J connectivity index is 1.34. The van der Waals surface area contributed by atoms with Crippen LogP contribution in [0.15, 0.2) is 88.0 Å². The van der Waals surface area contributed by atoms with E-state index in [4.69, 9.17) is 13.7 Å². The van der Waals surface area contributed by atoms with E-state index < -0.39 is 0 Å². The first kappa shape index (κ1) is 19.4. The number of para-hydroxylation sites is 1. The van der Waals surface area contributed by atoms with Gasteiger partial charge in [-0.1, -0.05) is 47.6 Å². The molecule has 0 radical (unpaired) electrons. The molecule has 0 aliphatic heterocycles. The van der Waals surface area contributed by atoms with Gasteiger partial charge in [0.2, 0.25) is 11.7 Å². The summed E-state index contributed by atoms with van der Waals surface area (Å²) in [4.78, 5) is 25.0. The molecule has 0 bridgehead atoms. The highest BCUT2D eigenvalue weighted by Gasteiger charge is 2.15. The van der Waals surface area contributed by atoms with Crippen molar-refractivity contribution in [2.45, 2.75) is 6.61 Å². The second kappa shape index (κ2) is 9.02. The van der Waals surface area contributed by atoms with Crippen LogP contribution < -0.4 is 5.32 Å². The predicted octanol–water partition coefficient (Wildman–Crippen LogP) is 4.32. The van der Waals surface area contributed by atoms with E-state index in [1.165, 1.54) is 0 Å². The molecule has 0 unspecified atom stereocenters. The van der Waals surface area contributed by atoms with Crippen molar-refractivity contribution in [2.75, 3.05) is 11.9 Å². The average molecular weight is 402 g/mol. The first-order valence-corrected chi connectivity index (χ1v) is 9.26. The fraction of sp³-hybridized carbons (Fsp3) is 0.0870. The molecule has 2 aromatic carbocycles. The van der Waals surface area contributed by atoms with Crippen molar-refractivity contribution in [1.29, 1.82) is 0 Å². The zero-order valence-electron chi connectivity index (χ0n) is 15.9. The highest BCUT2D eigenvalue weighted by atomic mass is 16.5. The molecule has 0 saturated heterocycles. The molecule has 0 saturated carbocycles. The molecule has 1 N–H and O–H groups in total. The quantitative estimate of drug-likeness (QED) is 0.441. The first-order chi connectivity index (χ1) is 14.7. The molecule has 7 heteroatoms. The van der Waals surface area contributed by atoms with Crippen molar-refractivity contribution in [3.8, 4) is 11.5 Å². The molecule has 0 aliphatic carbocycles. The number of furan rings is 1. The molecule has 150 valence electrons. The van der Waals surface area contributed by atoms with Gasteiger partial charge in [-0.2, -0.15) is 0 Å². The van der Waals surface area contributed by atoms with Crippen LogP contribution in [-0.2, 0) is 16.1 Å². The van der Waals surface area contributed by atoms with Crippen LogP contribution in [0.5, 0.6) is 0 Å². The van der Waals surface area contributed by atoms with Gasteiger partial charge in [-0.05, 0) is 24.3 Å². The lowest BCUT2D eigenvalue weighted by molar-refractivity contribution is -0.121. The van der Waals surface area contributed by atoms with Crippen LogP contribution in [0.4, 0.5) is 5.69 Å². The van der Waals surface area contributed by atoms with Crippen LogP contribution >= 0.6 is 0 Å². The minimum Gasteiger partial charge on any atom is -0.461 e. The monoisotopic (exact) mass is 402 g/mol. The molecular weight excluding hydrogens is 384 g/mol. The first-order valence-electron chi connectivity index (χ1n) is 9.26. The number of carbonyl (C=O) groups is 2. The molecular formula is C23H18N2O5. The Morgan fingerprint density at radius 2 is 1.73 bits per heavy atom. The van der Waals surface area contributed by atoms with Gasteiger partial charge in [0, 0.05) is 17.2 Å². The fourth-order valence-corrected chi connectivity index (χ4v) is 2.88. The number of benzene rings is 2. The Morgan fingerprint density at radius 1 is 0.933 bits per heavy atom. The van der Waals surface area contributed by atoms with Gasteiger partial charge in [0.1, 0.15) is 12.3 Å². The Kier molecular flexibility index (Phi) is 5.82. The number of carbonyl (C=O) groups excluding carboxylic acids is 2. The fourth-order valence-electron chi connectivity index (χ4n) is 2.88. The van der Waals surface area contributed by atoms with Gasteiger partial charge in [0.15, 0.2) is 11.5 Å². The molecule has 30 heavy (non-hydrogen) atoms. The van der Waals surface area contributed by atoms with Gasteiger partial charge in [0.25, 0.3) is 0 Å². The predicted molar refractivity (Wildman–Crippen MR) is 109 cm³/mol. The number of nitrogens with zero attached hydrogens (tertiary/aromatic N) is 1. The molecule has 2 aromatic heterocycles. The third kappa shape index (κ3) is 4.53. The number of rotatable bonds is 8. The standard InChI is InChI=1S/C23H18N2O5/c26-22(15-28-14-17-13-21(30-25-17)20-11-6-12-29-20)24-19-10-5-4-9-18(19)23(27)16-7-2-1-3-8-16/h1-13H,14-15H2,(H,24,26). The molecule has 0 spiro atoms. The summed E-state index contributed by atoms with van der Waals surface area (Å²) >= 11 is 0. The van der Waals surface area contributed by atoms with E-state index in [0.717, 1.165) is 0 Å². The number of anilines is 1. The lowest BCUT2D eigenvalue weighted by Gasteiger charge is -2.10. The number of aromatic nitrogens is 1. The Bertz CT molecular complexity index is 1130. The lowest BCUT2D eigenvalue weighted by atomic mass is 10.0. The zero-order chi connectivity index (χ0) is 20.8. The van der Waals surface area contributed by atoms with E-state index in [9.17, 15) is 9.59 Å². The van der Waals surface area contributed by atoms with Gasteiger partial charge in [0.05, 0.1) is 18.6 Å². The van der Waals surface area contributed by atoms with Gasteiger partial charge >= 0.3 is 0 Å². The van der Waals surface area contributed by atoms with E-state index in [1.54, 1.807) is 73.0 Å². The number of nitrogens with one attached hydrogen (secondary N) is 1. The SMILES string of the molecule is O=C(COCc1cc(-c2ccco2)on1)Nc1ccccc1C(=O)c1ccccc1. The van der Waals surface area contributed by atoms with E-state index in [2.05, 4.69) is 10.5 Å². The summed E-state index contributed by atoms with van der Waals surface area (Å²) in [7, 11) is 0. The van der Waals surface area contributed by atoms with Crippen LogP contribution in [0.1, 0.15) is 21.6 Å². The summed E-state index contributed by atoms with van der Waals surface area (Å²) in [5.41, 5.74) is 1.93. The summed E-state index contributed by atoms with van der Waals surface area (Å²) in [6, 6.07) is 21.0. The minimum atomic E-state index is -0.377. The highest BCUT2D eigenvalue weighted by molar-refractivity contribution is 6.13. The van der Waals surface area contributed by atoms with E-state index in [0.29, 0.717) is 34.0 Å². The summed E-state index contributed by atoms with van der Waals surface area (Å²) < 4.78 is 15.8.